The minimum atomic E-state index is -1.06. The van der Waals surface area contributed by atoms with Crippen LogP contribution in [0.25, 0.3) is 5.82 Å². The van der Waals surface area contributed by atoms with Gasteiger partial charge < -0.3 is 10.4 Å². The molecule has 0 fully saturated rings. The molecule has 2 aromatic rings. The molecule has 0 aromatic carbocycles. The summed E-state index contributed by atoms with van der Waals surface area (Å²) in [6.45, 7) is 1.69. The SMILES string of the molecule is CCC(NC(=O)c1ccc(-n2cncn2)nc1)C(=O)O. The molecule has 0 spiro atoms. The molecule has 0 radical (unpaired) electrons. The summed E-state index contributed by atoms with van der Waals surface area (Å²) in [5.74, 6) is -1.02. The molecular formula is C12H13N5O3. The third-order valence-corrected chi connectivity index (χ3v) is 2.68. The summed E-state index contributed by atoms with van der Waals surface area (Å²) < 4.78 is 1.45. The quantitative estimate of drug-likeness (QED) is 0.809. The highest BCUT2D eigenvalue weighted by Crippen LogP contribution is 2.05. The number of carbonyl (C=O) groups is 2. The van der Waals surface area contributed by atoms with Gasteiger partial charge in [0.25, 0.3) is 5.91 Å². The van der Waals surface area contributed by atoms with Crippen LogP contribution in [0.2, 0.25) is 0 Å². The first kappa shape index (κ1) is 13.7. The van der Waals surface area contributed by atoms with Crippen molar-refractivity contribution in [2.75, 3.05) is 0 Å². The Morgan fingerprint density at radius 2 is 2.25 bits per heavy atom. The van der Waals surface area contributed by atoms with E-state index in [1.54, 1.807) is 19.1 Å². The van der Waals surface area contributed by atoms with Crippen molar-refractivity contribution in [2.45, 2.75) is 19.4 Å². The number of nitrogens with zero attached hydrogens (tertiary/aromatic N) is 4. The van der Waals surface area contributed by atoms with E-state index in [-0.39, 0.29) is 5.56 Å². The molecule has 0 aliphatic carbocycles. The lowest BCUT2D eigenvalue weighted by Crippen LogP contribution is -2.40. The van der Waals surface area contributed by atoms with E-state index < -0.39 is 17.9 Å². The van der Waals surface area contributed by atoms with Gasteiger partial charge in [-0.3, -0.25) is 4.79 Å². The molecule has 2 heterocycles. The Morgan fingerprint density at radius 1 is 1.45 bits per heavy atom. The maximum atomic E-state index is 11.9. The van der Waals surface area contributed by atoms with Crippen molar-refractivity contribution < 1.29 is 14.7 Å². The first-order valence-electron chi connectivity index (χ1n) is 5.96. The molecule has 0 aliphatic rings. The first-order valence-corrected chi connectivity index (χ1v) is 5.96. The summed E-state index contributed by atoms with van der Waals surface area (Å²) in [7, 11) is 0. The second-order valence-corrected chi connectivity index (χ2v) is 4.02. The zero-order chi connectivity index (χ0) is 14.5. The van der Waals surface area contributed by atoms with Crippen molar-refractivity contribution >= 4 is 11.9 Å². The number of carbonyl (C=O) groups excluding carboxylic acids is 1. The minimum absolute atomic E-state index is 0.286. The van der Waals surface area contributed by atoms with Crippen molar-refractivity contribution in [3.05, 3.63) is 36.5 Å². The van der Waals surface area contributed by atoms with Gasteiger partial charge in [-0.25, -0.2) is 19.4 Å². The van der Waals surface area contributed by atoms with Gasteiger partial charge >= 0.3 is 5.97 Å². The fraction of sp³-hybridized carbons (Fsp3) is 0.250. The Labute approximate surface area is 114 Å². The van der Waals surface area contributed by atoms with Gasteiger partial charge in [0, 0.05) is 6.20 Å². The lowest BCUT2D eigenvalue weighted by molar-refractivity contribution is -0.139. The van der Waals surface area contributed by atoms with Crippen molar-refractivity contribution in [2.24, 2.45) is 0 Å². The predicted molar refractivity (Wildman–Crippen MR) is 68.3 cm³/mol. The Balaban J connectivity index is 2.10. The van der Waals surface area contributed by atoms with E-state index in [2.05, 4.69) is 20.4 Å². The molecule has 8 heteroatoms. The van der Waals surface area contributed by atoms with E-state index in [0.717, 1.165) is 0 Å². The Hall–Kier alpha value is -2.77. The van der Waals surface area contributed by atoms with E-state index in [9.17, 15) is 9.59 Å². The predicted octanol–water partition coefficient (Wildman–Crippen LogP) is 0.255. The molecule has 0 saturated heterocycles. The number of pyridine rings is 1. The number of carboxylic acids is 1. The number of aliphatic carboxylic acids is 1. The average molecular weight is 275 g/mol. The molecule has 0 saturated carbocycles. The van der Waals surface area contributed by atoms with E-state index in [4.69, 9.17) is 5.11 Å². The van der Waals surface area contributed by atoms with Crippen LogP contribution in [0.3, 0.4) is 0 Å². The van der Waals surface area contributed by atoms with Crippen molar-refractivity contribution in [1.82, 2.24) is 25.1 Å². The van der Waals surface area contributed by atoms with E-state index in [1.165, 1.54) is 23.5 Å². The van der Waals surface area contributed by atoms with Gasteiger partial charge in [-0.2, -0.15) is 5.10 Å². The summed E-state index contributed by atoms with van der Waals surface area (Å²) in [6.07, 6.45) is 4.53. The molecule has 0 aliphatic heterocycles. The first-order chi connectivity index (χ1) is 9.61. The highest BCUT2D eigenvalue weighted by molar-refractivity contribution is 5.96. The van der Waals surface area contributed by atoms with Crippen LogP contribution in [0.1, 0.15) is 23.7 Å². The molecule has 2 aromatic heterocycles. The fourth-order valence-corrected chi connectivity index (χ4v) is 1.56. The van der Waals surface area contributed by atoms with Gasteiger partial charge in [0.1, 0.15) is 18.7 Å². The molecule has 104 valence electrons. The van der Waals surface area contributed by atoms with Gasteiger partial charge in [-0.1, -0.05) is 6.92 Å². The topological polar surface area (TPSA) is 110 Å². The van der Waals surface area contributed by atoms with Crippen LogP contribution in [0.4, 0.5) is 0 Å². The number of amides is 1. The number of carboxylic acid groups (broad SMARTS) is 1. The molecule has 1 amide bonds. The van der Waals surface area contributed by atoms with Gasteiger partial charge in [0.2, 0.25) is 0 Å². The van der Waals surface area contributed by atoms with Crippen molar-refractivity contribution in [3.63, 3.8) is 0 Å². The summed E-state index contributed by atoms with van der Waals surface area (Å²) in [5.41, 5.74) is 0.286. The van der Waals surface area contributed by atoms with Crippen LogP contribution >= 0.6 is 0 Å². The number of aromatic nitrogens is 4. The molecule has 2 N–H and O–H groups in total. The number of nitrogens with one attached hydrogen (secondary N) is 1. The standard InChI is InChI=1S/C12H13N5O3/c1-2-9(12(19)20)16-11(18)8-3-4-10(14-5-8)17-7-13-6-15-17/h3-7,9H,2H2,1H3,(H,16,18)(H,19,20). The molecule has 1 unspecified atom stereocenters. The average Bonchev–Trinajstić information content (AvgIpc) is 2.98. The van der Waals surface area contributed by atoms with E-state index in [0.29, 0.717) is 12.2 Å². The van der Waals surface area contributed by atoms with Gasteiger partial charge in [0.15, 0.2) is 5.82 Å². The van der Waals surface area contributed by atoms with Crippen LogP contribution < -0.4 is 5.32 Å². The zero-order valence-electron chi connectivity index (χ0n) is 10.7. The second kappa shape index (κ2) is 5.91. The lowest BCUT2D eigenvalue weighted by atomic mass is 10.2. The Bertz CT molecular complexity index is 594. The Morgan fingerprint density at radius 3 is 2.75 bits per heavy atom. The maximum Gasteiger partial charge on any atom is 0.326 e. The molecular weight excluding hydrogens is 262 g/mol. The second-order valence-electron chi connectivity index (χ2n) is 4.02. The monoisotopic (exact) mass is 275 g/mol. The smallest absolute Gasteiger partial charge is 0.326 e. The minimum Gasteiger partial charge on any atom is -0.480 e. The van der Waals surface area contributed by atoms with Crippen LogP contribution in [0.15, 0.2) is 31.0 Å². The molecule has 2 rings (SSSR count). The summed E-state index contributed by atoms with van der Waals surface area (Å²) >= 11 is 0. The normalized spacial score (nSPS) is 11.8. The zero-order valence-corrected chi connectivity index (χ0v) is 10.7. The summed E-state index contributed by atoms with van der Waals surface area (Å²) in [6, 6.07) is 2.25. The largest absolute Gasteiger partial charge is 0.480 e. The number of hydrogen-bond acceptors (Lipinski definition) is 5. The highest BCUT2D eigenvalue weighted by Gasteiger charge is 2.18. The number of rotatable bonds is 5. The van der Waals surface area contributed by atoms with Crippen molar-refractivity contribution in [1.29, 1.82) is 0 Å². The van der Waals surface area contributed by atoms with Gasteiger partial charge in [-0.15, -0.1) is 0 Å². The number of hydrogen-bond donors (Lipinski definition) is 2. The summed E-state index contributed by atoms with van der Waals surface area (Å²) in [4.78, 5) is 30.6. The fourth-order valence-electron chi connectivity index (χ4n) is 1.56. The van der Waals surface area contributed by atoms with Gasteiger partial charge in [0.05, 0.1) is 5.56 Å². The summed E-state index contributed by atoms with van der Waals surface area (Å²) in [5, 5.41) is 15.2. The maximum absolute atomic E-state index is 11.9. The van der Waals surface area contributed by atoms with Crippen LogP contribution in [0.5, 0.6) is 0 Å². The third-order valence-electron chi connectivity index (χ3n) is 2.68. The molecule has 8 nitrogen and oxygen atoms in total. The van der Waals surface area contributed by atoms with Gasteiger partial charge in [-0.05, 0) is 18.6 Å². The van der Waals surface area contributed by atoms with E-state index in [1.807, 2.05) is 0 Å². The third kappa shape index (κ3) is 2.97. The van der Waals surface area contributed by atoms with E-state index >= 15 is 0 Å². The Kier molecular flexibility index (Phi) is 4.04. The lowest BCUT2D eigenvalue weighted by Gasteiger charge is -2.12. The van der Waals surface area contributed by atoms with Crippen LogP contribution in [-0.2, 0) is 4.79 Å². The highest BCUT2D eigenvalue weighted by atomic mass is 16.4. The molecule has 0 bridgehead atoms. The van der Waals surface area contributed by atoms with Crippen molar-refractivity contribution in [3.8, 4) is 5.82 Å². The van der Waals surface area contributed by atoms with Crippen LogP contribution in [-0.4, -0.2) is 42.8 Å². The van der Waals surface area contributed by atoms with Crippen LogP contribution in [0, 0.1) is 0 Å². The molecule has 1 atom stereocenters. The molecule has 20 heavy (non-hydrogen) atoms.